The summed E-state index contributed by atoms with van der Waals surface area (Å²) in [6.07, 6.45) is 3.97. The average Bonchev–Trinajstić information content (AvgIpc) is 3.02. The second kappa shape index (κ2) is 8.48. The number of carboxylic acid groups (broad SMARTS) is 1. The van der Waals surface area contributed by atoms with Gasteiger partial charge in [0.25, 0.3) is 0 Å². The third kappa shape index (κ3) is 3.19. The second-order valence-electron chi connectivity index (χ2n) is 12.7. The van der Waals surface area contributed by atoms with Gasteiger partial charge in [0, 0.05) is 23.3 Å². The largest absolute Gasteiger partial charge is 0.465 e. The Morgan fingerprint density at radius 1 is 1.25 bits per heavy atom. The van der Waals surface area contributed by atoms with Crippen LogP contribution >= 0.6 is 0 Å². The van der Waals surface area contributed by atoms with E-state index in [-0.39, 0.29) is 36.4 Å². The number of hydrogen-bond donors (Lipinski definition) is 4. The number of rotatable bonds is 6. The quantitative estimate of drug-likeness (QED) is 0.435. The van der Waals surface area contributed by atoms with Gasteiger partial charge in [-0.15, -0.1) is 0 Å². The van der Waals surface area contributed by atoms with E-state index < -0.39 is 52.1 Å². The normalized spacial score (nSPS) is 43.8. The monoisotopic (exact) mass is 505 g/mol. The number of fused-ring (bicyclic) bond motifs is 5. The van der Waals surface area contributed by atoms with E-state index in [9.17, 15) is 24.6 Å². The van der Waals surface area contributed by atoms with Crippen LogP contribution in [-0.2, 0) is 9.59 Å². The fourth-order valence-corrected chi connectivity index (χ4v) is 9.78. The number of nitrogens with one attached hydrogen (secondary N) is 1. The fourth-order valence-electron chi connectivity index (χ4n) is 9.78. The Hall–Kier alpha value is -2.06. The first-order valence-corrected chi connectivity index (χ1v) is 13.1. The number of allylic oxidation sites excluding steroid dienone is 4. The van der Waals surface area contributed by atoms with E-state index in [0.717, 1.165) is 0 Å². The zero-order chi connectivity index (χ0) is 26.9. The molecule has 0 saturated heterocycles. The number of carbonyl (C=O) groups excluding carboxylic acids is 2. The summed E-state index contributed by atoms with van der Waals surface area (Å²) in [5.74, 6) is -1.47. The van der Waals surface area contributed by atoms with Gasteiger partial charge < -0.3 is 20.6 Å². The van der Waals surface area contributed by atoms with Crippen LogP contribution in [-0.4, -0.2) is 57.9 Å². The van der Waals surface area contributed by atoms with Crippen molar-refractivity contribution >= 4 is 17.7 Å². The van der Waals surface area contributed by atoms with E-state index in [2.05, 4.69) is 5.32 Å². The van der Waals surface area contributed by atoms with Crippen molar-refractivity contribution in [3.63, 3.8) is 0 Å². The van der Waals surface area contributed by atoms with Crippen LogP contribution in [0, 0.1) is 39.4 Å². The molecule has 0 radical (unpaired) electrons. The van der Waals surface area contributed by atoms with Crippen LogP contribution in [0.5, 0.6) is 0 Å². The lowest BCUT2D eigenvalue weighted by atomic mass is 9.40. The van der Waals surface area contributed by atoms with Crippen molar-refractivity contribution in [3.8, 4) is 0 Å². The summed E-state index contributed by atoms with van der Waals surface area (Å²) in [6, 6.07) is 0. The summed E-state index contributed by atoms with van der Waals surface area (Å²) in [5, 5.41) is 33.3. The van der Waals surface area contributed by atoms with Crippen LogP contribution < -0.4 is 5.32 Å². The summed E-state index contributed by atoms with van der Waals surface area (Å²) >= 11 is 0. The molecule has 3 saturated carbocycles. The molecule has 4 rings (SSSR count). The van der Waals surface area contributed by atoms with E-state index in [1.165, 1.54) is 12.2 Å². The molecule has 8 atom stereocenters. The Kier molecular flexibility index (Phi) is 6.36. The van der Waals surface area contributed by atoms with Crippen molar-refractivity contribution in [2.75, 3.05) is 13.2 Å². The number of amides is 1. The van der Waals surface area contributed by atoms with Crippen molar-refractivity contribution < 1.29 is 34.1 Å². The molecule has 0 aromatic carbocycles. The Bertz CT molecular complexity index is 1040. The highest BCUT2D eigenvalue weighted by atomic mass is 19.1. The first kappa shape index (κ1) is 27.0. The summed E-state index contributed by atoms with van der Waals surface area (Å²) in [4.78, 5) is 37.0. The predicted molar refractivity (Wildman–Crippen MR) is 132 cm³/mol. The molecular formula is C28H40FNO6. The van der Waals surface area contributed by atoms with Crippen LogP contribution in [0.2, 0.25) is 0 Å². The fraction of sp³-hybridized carbons (Fsp3) is 0.750. The van der Waals surface area contributed by atoms with Crippen molar-refractivity contribution in [2.24, 2.45) is 39.4 Å². The lowest BCUT2D eigenvalue weighted by molar-refractivity contribution is -0.220. The molecule has 0 heterocycles. The lowest BCUT2D eigenvalue weighted by Gasteiger charge is -2.65. The molecule has 3 fully saturated rings. The Morgan fingerprint density at radius 3 is 2.53 bits per heavy atom. The topological polar surface area (TPSA) is 124 Å². The summed E-state index contributed by atoms with van der Waals surface area (Å²) < 4.78 is 17.5. The molecule has 4 aliphatic rings. The number of ketones is 2. The van der Waals surface area contributed by atoms with E-state index in [4.69, 9.17) is 5.11 Å². The smallest absolute Gasteiger partial charge is 0.404 e. The highest BCUT2D eigenvalue weighted by Crippen LogP contribution is 2.76. The Morgan fingerprint density at radius 2 is 1.92 bits per heavy atom. The molecule has 8 heteroatoms. The first-order chi connectivity index (χ1) is 16.6. The molecular weight excluding hydrogens is 465 g/mol. The van der Waals surface area contributed by atoms with E-state index in [1.54, 1.807) is 13.0 Å². The summed E-state index contributed by atoms with van der Waals surface area (Å²) in [6.45, 7) is 9.04. The molecule has 0 spiro atoms. The van der Waals surface area contributed by atoms with Gasteiger partial charge in [-0.2, -0.15) is 0 Å². The maximum atomic E-state index is 17.5. The van der Waals surface area contributed by atoms with Crippen LogP contribution in [0.1, 0.15) is 66.7 Å². The maximum Gasteiger partial charge on any atom is 0.404 e. The number of aliphatic hydroxyl groups is 2. The zero-order valence-corrected chi connectivity index (χ0v) is 21.9. The third-order valence-corrected chi connectivity index (χ3v) is 11.0. The van der Waals surface area contributed by atoms with Crippen molar-refractivity contribution in [2.45, 2.75) is 78.5 Å². The van der Waals surface area contributed by atoms with E-state index >= 15 is 4.39 Å². The highest BCUT2D eigenvalue weighted by Gasteiger charge is 2.77. The minimum absolute atomic E-state index is 0.0428. The Balaban J connectivity index is 1.83. The maximum absolute atomic E-state index is 17.5. The molecule has 4 aliphatic carbocycles. The van der Waals surface area contributed by atoms with Gasteiger partial charge in [-0.1, -0.05) is 39.3 Å². The van der Waals surface area contributed by atoms with Gasteiger partial charge in [-0.25, -0.2) is 9.18 Å². The van der Waals surface area contributed by atoms with E-state index in [1.807, 2.05) is 27.7 Å². The summed E-state index contributed by atoms with van der Waals surface area (Å²) in [7, 11) is 0. The molecule has 0 aromatic heterocycles. The van der Waals surface area contributed by atoms with Crippen LogP contribution in [0.4, 0.5) is 9.18 Å². The minimum Gasteiger partial charge on any atom is -0.465 e. The van der Waals surface area contributed by atoms with Gasteiger partial charge in [-0.05, 0) is 73.8 Å². The molecule has 3 unspecified atom stereocenters. The number of aliphatic hydroxyl groups excluding tert-OH is 2. The molecule has 4 N–H and O–H groups in total. The standard InChI is InChI=1S/C28H40FNO6/c1-16-12-20-19-7-6-17-13-18(32)8-9-25(17,4)28(19,29)21(33)14-26(20,5)27(16,22(34)15-31)24(2,3)10-11-30-23(35)36/h8-9,13,16,19-21,30-31,33H,6-7,10-12,14-15H2,1-5H3,(H,35,36)/t16-,19?,20?,21-,25-,26-,27-,28?/m0/s1. The van der Waals surface area contributed by atoms with Crippen molar-refractivity contribution in [1.82, 2.24) is 5.32 Å². The van der Waals surface area contributed by atoms with Crippen molar-refractivity contribution in [1.29, 1.82) is 0 Å². The van der Waals surface area contributed by atoms with E-state index in [0.29, 0.717) is 31.3 Å². The molecule has 200 valence electrons. The van der Waals surface area contributed by atoms with Crippen LogP contribution in [0.15, 0.2) is 23.8 Å². The number of hydrogen-bond acceptors (Lipinski definition) is 5. The predicted octanol–water partition coefficient (Wildman–Crippen LogP) is 3.83. The number of Topliss-reactive ketones (excluding diaryl/α,β-unsaturated/α-hetero) is 1. The minimum atomic E-state index is -1.99. The van der Waals surface area contributed by atoms with Gasteiger partial charge in [0.05, 0.1) is 6.10 Å². The molecule has 1 amide bonds. The lowest BCUT2D eigenvalue weighted by Crippen LogP contribution is -2.69. The van der Waals surface area contributed by atoms with Gasteiger partial charge >= 0.3 is 6.09 Å². The Labute approximate surface area is 212 Å². The highest BCUT2D eigenvalue weighted by molar-refractivity contribution is 6.01. The molecule has 0 bridgehead atoms. The second-order valence-corrected chi connectivity index (χ2v) is 12.7. The van der Waals surface area contributed by atoms with Crippen LogP contribution in [0.25, 0.3) is 0 Å². The van der Waals surface area contributed by atoms with Gasteiger partial charge in [0.1, 0.15) is 6.61 Å². The molecule has 36 heavy (non-hydrogen) atoms. The summed E-state index contributed by atoms with van der Waals surface area (Å²) in [5.41, 5.74) is -5.04. The van der Waals surface area contributed by atoms with Crippen molar-refractivity contribution in [3.05, 3.63) is 23.8 Å². The zero-order valence-electron chi connectivity index (χ0n) is 21.9. The third-order valence-electron chi connectivity index (χ3n) is 11.0. The molecule has 0 aliphatic heterocycles. The molecule has 7 nitrogen and oxygen atoms in total. The number of alkyl halides is 1. The van der Waals surface area contributed by atoms with Gasteiger partial charge in [-0.3, -0.25) is 9.59 Å². The number of carbonyl (C=O) groups is 3. The van der Waals surface area contributed by atoms with Crippen LogP contribution in [0.3, 0.4) is 0 Å². The van der Waals surface area contributed by atoms with Gasteiger partial charge in [0.15, 0.2) is 17.2 Å². The van der Waals surface area contributed by atoms with Gasteiger partial charge in [0.2, 0.25) is 0 Å². The SMILES string of the molecule is C[C@H]1CC2C3CCC4=CC(=O)C=C[C@]4(C)C3(F)[C@@H](O)C[C@]2(C)[C@@]1(C(=O)CO)C(C)(C)CCNC(=O)O. The molecule has 0 aromatic rings. The average molecular weight is 506 g/mol. The first-order valence-electron chi connectivity index (χ1n) is 13.1. The number of halogens is 1.